The number of Topliss-reactive ketones (excluding diaryl/α,β-unsaturated/α-hetero) is 1. The number of hydrogen-bond donors (Lipinski definition) is 1. The smallest absolute Gasteiger partial charge is 0.336 e. The molecule has 0 aromatic heterocycles. The third-order valence-corrected chi connectivity index (χ3v) is 3.23. The first-order valence-electron chi connectivity index (χ1n) is 4.57. The highest BCUT2D eigenvalue weighted by Crippen LogP contribution is 2.22. The summed E-state index contributed by atoms with van der Waals surface area (Å²) in [5, 5.41) is 9.04. The fourth-order valence-corrected chi connectivity index (χ4v) is 1.94. The fourth-order valence-electron chi connectivity index (χ4n) is 1.26. The molecule has 1 aromatic rings. The average molecular weight is 303 g/mol. The third kappa shape index (κ3) is 2.86. The van der Waals surface area contributed by atoms with E-state index in [1.54, 1.807) is 19.1 Å². The minimum atomic E-state index is -1.08. The molecule has 0 bridgehead atoms. The van der Waals surface area contributed by atoms with Crippen LogP contribution >= 0.6 is 27.7 Å². The normalized spacial score (nSPS) is 12.2. The van der Waals surface area contributed by atoms with Crippen LogP contribution in [0.25, 0.3) is 0 Å². The number of carboxylic acid groups (broad SMARTS) is 1. The summed E-state index contributed by atoms with van der Waals surface area (Å²) in [7, 11) is 0. The molecule has 86 valence electrons. The van der Waals surface area contributed by atoms with Gasteiger partial charge < -0.3 is 5.11 Å². The van der Waals surface area contributed by atoms with Gasteiger partial charge in [-0.1, -0.05) is 15.9 Å². The van der Waals surface area contributed by atoms with Crippen LogP contribution < -0.4 is 0 Å². The molecule has 0 saturated heterocycles. The Morgan fingerprint density at radius 3 is 2.44 bits per heavy atom. The van der Waals surface area contributed by atoms with Crippen LogP contribution in [0.5, 0.6) is 0 Å². The van der Waals surface area contributed by atoms with Gasteiger partial charge in [0.05, 0.1) is 10.4 Å². The zero-order valence-corrected chi connectivity index (χ0v) is 11.3. The fraction of sp³-hybridized carbons (Fsp3) is 0.273. The molecule has 1 rings (SSSR count). The van der Waals surface area contributed by atoms with Gasteiger partial charge >= 0.3 is 5.97 Å². The van der Waals surface area contributed by atoms with Crippen molar-refractivity contribution >= 4 is 39.4 Å². The van der Waals surface area contributed by atoms with Crippen molar-refractivity contribution in [2.75, 3.05) is 6.26 Å². The van der Waals surface area contributed by atoms with Gasteiger partial charge in [-0.3, -0.25) is 4.79 Å². The molecule has 16 heavy (non-hydrogen) atoms. The highest BCUT2D eigenvalue weighted by Gasteiger charge is 2.19. The summed E-state index contributed by atoms with van der Waals surface area (Å²) in [5.41, 5.74) is 0.304. The molecule has 0 aliphatic rings. The molecule has 5 heteroatoms. The Kier molecular flexibility index (Phi) is 4.56. The average Bonchev–Trinajstić information content (AvgIpc) is 2.26. The highest BCUT2D eigenvalue weighted by molar-refractivity contribution is 9.10. The van der Waals surface area contributed by atoms with E-state index >= 15 is 0 Å². The second-order valence-electron chi connectivity index (χ2n) is 3.20. The summed E-state index contributed by atoms with van der Waals surface area (Å²) in [6, 6.07) is 4.84. The summed E-state index contributed by atoms with van der Waals surface area (Å²) in [4.78, 5) is 23.2. The van der Waals surface area contributed by atoms with Crippen molar-refractivity contribution in [3.8, 4) is 0 Å². The van der Waals surface area contributed by atoms with Crippen LogP contribution in [0.1, 0.15) is 27.6 Å². The van der Waals surface area contributed by atoms with Crippen molar-refractivity contribution in [1.82, 2.24) is 0 Å². The molecule has 0 radical (unpaired) electrons. The molecule has 1 unspecified atom stereocenters. The molecule has 1 N–H and O–H groups in total. The lowest BCUT2D eigenvalue weighted by molar-refractivity contribution is 0.0692. The molecule has 1 atom stereocenters. The number of rotatable bonds is 4. The predicted molar refractivity (Wildman–Crippen MR) is 67.9 cm³/mol. The minimum Gasteiger partial charge on any atom is -0.478 e. The number of carbonyl (C=O) groups is 2. The molecule has 0 fully saturated rings. The highest BCUT2D eigenvalue weighted by atomic mass is 79.9. The van der Waals surface area contributed by atoms with Crippen LogP contribution in [0.2, 0.25) is 0 Å². The first kappa shape index (κ1) is 13.3. The number of ketones is 1. The maximum atomic E-state index is 11.8. The molecule has 3 nitrogen and oxygen atoms in total. The van der Waals surface area contributed by atoms with Crippen molar-refractivity contribution in [3.63, 3.8) is 0 Å². The Bertz CT molecular complexity index is 429. The molecule has 0 spiro atoms. The van der Waals surface area contributed by atoms with Crippen molar-refractivity contribution < 1.29 is 14.7 Å². The Morgan fingerprint density at radius 1 is 1.38 bits per heavy atom. The lowest BCUT2D eigenvalue weighted by Gasteiger charge is -2.08. The number of hydrogen-bond acceptors (Lipinski definition) is 3. The number of carboxylic acids is 1. The van der Waals surface area contributed by atoms with E-state index < -0.39 is 5.97 Å². The van der Waals surface area contributed by atoms with E-state index in [9.17, 15) is 9.59 Å². The Hall–Kier alpha value is -0.810. The van der Waals surface area contributed by atoms with Crippen molar-refractivity contribution in [3.05, 3.63) is 29.3 Å². The Labute approximate surface area is 106 Å². The molecule has 0 aliphatic heterocycles. The summed E-state index contributed by atoms with van der Waals surface area (Å²) < 4.78 is 0. The van der Waals surface area contributed by atoms with Crippen molar-refractivity contribution in [1.29, 1.82) is 0 Å². The molecule has 0 saturated carbocycles. The second-order valence-corrected chi connectivity index (χ2v) is 5.45. The zero-order chi connectivity index (χ0) is 12.3. The van der Waals surface area contributed by atoms with Crippen LogP contribution in [0.3, 0.4) is 0 Å². The topological polar surface area (TPSA) is 54.4 Å². The van der Waals surface area contributed by atoms with Crippen molar-refractivity contribution in [2.24, 2.45) is 0 Å². The van der Waals surface area contributed by atoms with E-state index in [4.69, 9.17) is 5.11 Å². The largest absolute Gasteiger partial charge is 0.478 e. The first-order chi connectivity index (χ1) is 7.47. The summed E-state index contributed by atoms with van der Waals surface area (Å²) >= 11 is 4.59. The monoisotopic (exact) mass is 302 g/mol. The van der Waals surface area contributed by atoms with Gasteiger partial charge in [-0.2, -0.15) is 0 Å². The van der Waals surface area contributed by atoms with E-state index in [0.29, 0.717) is 0 Å². The van der Waals surface area contributed by atoms with Crippen LogP contribution in [0.15, 0.2) is 23.1 Å². The standard InChI is InChI=1S/C11H11BrO3S/c1-6(12)10(13)8-4-3-7(16-2)5-9(8)11(14)15/h3-6H,1-2H3,(H,14,15). The van der Waals surface area contributed by atoms with Crippen LogP contribution in [0.4, 0.5) is 0 Å². The molecular weight excluding hydrogens is 292 g/mol. The van der Waals surface area contributed by atoms with Gasteiger partial charge in [-0.15, -0.1) is 11.8 Å². The van der Waals surface area contributed by atoms with E-state index in [1.165, 1.54) is 17.8 Å². The SMILES string of the molecule is CSc1ccc(C(=O)C(C)Br)c(C(=O)O)c1. The molecule has 0 heterocycles. The second kappa shape index (κ2) is 5.50. The minimum absolute atomic E-state index is 0.0585. The van der Waals surface area contributed by atoms with E-state index in [-0.39, 0.29) is 21.7 Å². The quantitative estimate of drug-likeness (QED) is 0.527. The van der Waals surface area contributed by atoms with Gasteiger partial charge in [0.15, 0.2) is 5.78 Å². The van der Waals surface area contributed by atoms with Crippen LogP contribution in [-0.2, 0) is 0 Å². The third-order valence-electron chi connectivity index (χ3n) is 2.08. The van der Waals surface area contributed by atoms with Crippen LogP contribution in [-0.4, -0.2) is 27.9 Å². The molecule has 1 aromatic carbocycles. The van der Waals surface area contributed by atoms with Gasteiger partial charge in [0.25, 0.3) is 0 Å². The number of aromatic carboxylic acids is 1. The molecule has 0 amide bonds. The van der Waals surface area contributed by atoms with Gasteiger partial charge in [-0.05, 0) is 31.4 Å². The number of thioether (sulfide) groups is 1. The summed E-state index contributed by atoms with van der Waals surface area (Å²) in [6.07, 6.45) is 1.86. The maximum Gasteiger partial charge on any atom is 0.336 e. The number of benzene rings is 1. The van der Waals surface area contributed by atoms with Gasteiger partial charge in [0.2, 0.25) is 0 Å². The van der Waals surface area contributed by atoms with E-state index in [1.807, 2.05) is 6.26 Å². The number of halogens is 1. The lowest BCUT2D eigenvalue weighted by atomic mass is 10.0. The van der Waals surface area contributed by atoms with E-state index in [2.05, 4.69) is 15.9 Å². The van der Waals surface area contributed by atoms with E-state index in [0.717, 1.165) is 4.90 Å². The Balaban J connectivity index is 3.28. The molecule has 0 aliphatic carbocycles. The number of alkyl halides is 1. The first-order valence-corrected chi connectivity index (χ1v) is 6.71. The predicted octanol–water partition coefficient (Wildman–Crippen LogP) is 3.07. The maximum absolute atomic E-state index is 11.8. The van der Waals surface area contributed by atoms with Gasteiger partial charge in [0, 0.05) is 10.5 Å². The molecular formula is C11H11BrO3S. The van der Waals surface area contributed by atoms with Crippen molar-refractivity contribution in [2.45, 2.75) is 16.6 Å². The summed E-state index contributed by atoms with van der Waals surface area (Å²) in [6.45, 7) is 1.68. The lowest BCUT2D eigenvalue weighted by Crippen LogP contribution is -2.15. The Morgan fingerprint density at radius 2 is 2.00 bits per heavy atom. The number of carbonyl (C=O) groups excluding carboxylic acids is 1. The zero-order valence-electron chi connectivity index (χ0n) is 8.86. The van der Waals surface area contributed by atoms with Gasteiger partial charge in [0.1, 0.15) is 0 Å². The van der Waals surface area contributed by atoms with Gasteiger partial charge in [-0.25, -0.2) is 4.79 Å². The van der Waals surface area contributed by atoms with Crippen LogP contribution in [0, 0.1) is 0 Å². The summed E-state index contributed by atoms with van der Waals surface area (Å²) in [5.74, 6) is -1.29.